The molecule has 33 heavy (non-hydrogen) atoms. The predicted octanol–water partition coefficient (Wildman–Crippen LogP) is 5.76. The number of hydrogen-bond donors (Lipinski definition) is 1. The molecule has 1 amide bonds. The molecule has 8 heteroatoms. The number of nitrogens with one attached hydrogen (secondary N) is 1. The van der Waals surface area contributed by atoms with Crippen LogP contribution in [0.15, 0.2) is 82.3 Å². The molecule has 1 aliphatic rings. The number of rotatable bonds is 7. The maximum atomic E-state index is 13.1. The van der Waals surface area contributed by atoms with Crippen molar-refractivity contribution in [3.05, 3.63) is 90.0 Å². The Morgan fingerprint density at radius 3 is 2.73 bits per heavy atom. The zero-order valence-corrected chi connectivity index (χ0v) is 19.9. The number of aryl methyl sites for hydroxylation is 1. The fourth-order valence-corrected chi connectivity index (χ4v) is 5.67. The Morgan fingerprint density at radius 2 is 1.91 bits per heavy atom. The molecule has 1 aliphatic carbocycles. The zero-order valence-electron chi connectivity index (χ0n) is 18.3. The molecule has 1 fully saturated rings. The highest BCUT2D eigenvalue weighted by Gasteiger charge is 2.43. The minimum atomic E-state index is -0.0435. The molecular weight excluding hydrogens is 450 g/mol. The molecule has 166 valence electrons. The van der Waals surface area contributed by atoms with Crippen LogP contribution in [0.2, 0.25) is 0 Å². The Bertz CT molecular complexity index is 1280. The number of nitrogens with zero attached hydrogens (tertiary/aromatic N) is 4. The number of carbonyl (C=O) groups excluding carboxylic acids is 1. The highest BCUT2D eigenvalue weighted by atomic mass is 32.2. The lowest BCUT2D eigenvalue weighted by Crippen LogP contribution is -2.30. The number of benzene rings is 1. The maximum absolute atomic E-state index is 13.1. The van der Waals surface area contributed by atoms with E-state index >= 15 is 0 Å². The van der Waals surface area contributed by atoms with Gasteiger partial charge in [-0.3, -0.25) is 9.78 Å². The van der Waals surface area contributed by atoms with Crippen LogP contribution in [-0.2, 0) is 0 Å². The van der Waals surface area contributed by atoms with Gasteiger partial charge in [0, 0.05) is 36.3 Å². The summed E-state index contributed by atoms with van der Waals surface area (Å²) in [7, 11) is 1.87. The Kier molecular flexibility index (Phi) is 6.11. The molecule has 0 radical (unpaired) electrons. The number of likely N-dealkylation sites (N-methyl/N-ethyl adjacent to an activating group) is 1. The number of hydrogen-bond acceptors (Lipinski definition) is 7. The van der Waals surface area contributed by atoms with E-state index < -0.39 is 0 Å². The van der Waals surface area contributed by atoms with E-state index in [0.29, 0.717) is 11.6 Å². The van der Waals surface area contributed by atoms with Crippen LogP contribution in [0.4, 0.5) is 10.9 Å². The standard InChI is InChI=1S/C25H23N5OS2/c1-16-8-10-27-22(12-16)29-25-28-15-23(33-25)32-18-9-11-26-20(13-18)24(31)30(2)21-14-19(21)17-6-4-3-5-7-17/h3-13,15,19,21H,14H2,1-2H3,(H,27,28,29). The van der Waals surface area contributed by atoms with Crippen LogP contribution in [0.3, 0.4) is 0 Å². The van der Waals surface area contributed by atoms with Gasteiger partial charge in [-0.05, 0) is 48.7 Å². The van der Waals surface area contributed by atoms with Crippen LogP contribution in [0.5, 0.6) is 0 Å². The summed E-state index contributed by atoms with van der Waals surface area (Å²) < 4.78 is 1.02. The molecule has 3 aromatic heterocycles. The first-order valence-corrected chi connectivity index (χ1v) is 12.3. The Balaban J connectivity index is 1.23. The van der Waals surface area contributed by atoms with Gasteiger partial charge in [0.05, 0.1) is 10.4 Å². The van der Waals surface area contributed by atoms with Crippen LogP contribution >= 0.6 is 23.1 Å². The lowest BCUT2D eigenvalue weighted by molar-refractivity contribution is 0.0776. The summed E-state index contributed by atoms with van der Waals surface area (Å²) in [5.74, 6) is 1.14. The lowest BCUT2D eigenvalue weighted by atomic mass is 10.1. The molecule has 0 aliphatic heterocycles. The van der Waals surface area contributed by atoms with Gasteiger partial charge in [0.2, 0.25) is 0 Å². The van der Waals surface area contributed by atoms with Crippen molar-refractivity contribution in [3.8, 4) is 0 Å². The first-order valence-electron chi connectivity index (χ1n) is 10.7. The Morgan fingerprint density at radius 1 is 1.09 bits per heavy atom. The molecule has 1 N–H and O–H groups in total. The maximum Gasteiger partial charge on any atom is 0.272 e. The molecular formula is C25H23N5OS2. The summed E-state index contributed by atoms with van der Waals surface area (Å²) in [6, 6.07) is 18.3. The van der Waals surface area contributed by atoms with Gasteiger partial charge in [0.15, 0.2) is 5.13 Å². The monoisotopic (exact) mass is 473 g/mol. The lowest BCUT2D eigenvalue weighted by Gasteiger charge is -2.17. The van der Waals surface area contributed by atoms with E-state index in [-0.39, 0.29) is 11.9 Å². The van der Waals surface area contributed by atoms with Crippen molar-refractivity contribution in [1.29, 1.82) is 0 Å². The van der Waals surface area contributed by atoms with Crippen molar-refractivity contribution in [3.63, 3.8) is 0 Å². The quantitative estimate of drug-likeness (QED) is 0.368. The van der Waals surface area contributed by atoms with Crippen molar-refractivity contribution in [1.82, 2.24) is 19.9 Å². The van der Waals surface area contributed by atoms with Gasteiger partial charge in [-0.2, -0.15) is 0 Å². The van der Waals surface area contributed by atoms with Gasteiger partial charge in [0.1, 0.15) is 11.5 Å². The second-order valence-corrected chi connectivity index (χ2v) is 10.4. The molecule has 1 aromatic carbocycles. The van der Waals surface area contributed by atoms with Crippen molar-refractivity contribution in [2.24, 2.45) is 0 Å². The molecule has 2 atom stereocenters. The third-order valence-electron chi connectivity index (χ3n) is 5.61. The number of anilines is 2. The van der Waals surface area contributed by atoms with Gasteiger partial charge in [-0.15, -0.1) is 0 Å². The highest BCUT2D eigenvalue weighted by Crippen LogP contribution is 2.44. The predicted molar refractivity (Wildman–Crippen MR) is 132 cm³/mol. The van der Waals surface area contributed by atoms with Gasteiger partial charge in [0.25, 0.3) is 5.91 Å². The van der Waals surface area contributed by atoms with E-state index in [2.05, 4.69) is 32.4 Å². The number of carbonyl (C=O) groups is 1. The van der Waals surface area contributed by atoms with Gasteiger partial charge in [-0.25, -0.2) is 9.97 Å². The molecule has 2 unspecified atom stereocenters. The third kappa shape index (κ3) is 5.07. The largest absolute Gasteiger partial charge is 0.337 e. The summed E-state index contributed by atoms with van der Waals surface area (Å²) in [4.78, 5) is 29.0. The molecule has 0 saturated heterocycles. The van der Waals surface area contributed by atoms with Crippen LogP contribution in [-0.4, -0.2) is 38.8 Å². The summed E-state index contributed by atoms with van der Waals surface area (Å²) in [5, 5.41) is 4.02. The van der Waals surface area contributed by atoms with Gasteiger partial charge in [-0.1, -0.05) is 53.4 Å². The number of aromatic nitrogens is 3. The Hall–Kier alpha value is -3.23. The second kappa shape index (κ2) is 9.33. The van der Waals surface area contributed by atoms with E-state index in [4.69, 9.17) is 0 Å². The van der Waals surface area contributed by atoms with E-state index in [9.17, 15) is 4.79 Å². The molecule has 0 spiro atoms. The highest BCUT2D eigenvalue weighted by molar-refractivity contribution is 8.01. The first-order chi connectivity index (χ1) is 16.1. The summed E-state index contributed by atoms with van der Waals surface area (Å²) >= 11 is 3.12. The average molecular weight is 474 g/mol. The minimum Gasteiger partial charge on any atom is -0.337 e. The normalized spacial score (nSPS) is 16.9. The SMILES string of the molecule is Cc1ccnc(Nc2ncc(Sc3ccnc(C(=O)N(C)C4CC4c4ccccc4)c3)s2)c1. The third-order valence-corrected chi connectivity index (χ3v) is 7.61. The molecule has 0 bridgehead atoms. The van der Waals surface area contributed by atoms with Crippen molar-refractivity contribution in [2.75, 3.05) is 12.4 Å². The van der Waals surface area contributed by atoms with E-state index in [1.165, 1.54) is 5.56 Å². The zero-order chi connectivity index (χ0) is 22.8. The minimum absolute atomic E-state index is 0.0435. The fourth-order valence-electron chi connectivity index (χ4n) is 3.79. The van der Waals surface area contributed by atoms with Crippen molar-refractivity contribution < 1.29 is 4.79 Å². The summed E-state index contributed by atoms with van der Waals surface area (Å²) in [6.45, 7) is 2.03. The molecule has 1 saturated carbocycles. The number of thiazole rings is 1. The summed E-state index contributed by atoms with van der Waals surface area (Å²) in [5.41, 5.74) is 2.89. The smallest absolute Gasteiger partial charge is 0.272 e. The van der Waals surface area contributed by atoms with Crippen LogP contribution in [0, 0.1) is 6.92 Å². The van der Waals surface area contributed by atoms with E-state index in [1.54, 1.807) is 35.5 Å². The molecule has 5 rings (SSSR count). The second-order valence-electron chi connectivity index (χ2n) is 8.04. The van der Waals surface area contributed by atoms with Crippen LogP contribution < -0.4 is 5.32 Å². The molecule has 3 heterocycles. The van der Waals surface area contributed by atoms with Gasteiger partial charge >= 0.3 is 0 Å². The first kappa shape index (κ1) is 21.6. The molecule has 6 nitrogen and oxygen atoms in total. The van der Waals surface area contributed by atoms with Crippen LogP contribution in [0.25, 0.3) is 0 Å². The number of pyridine rings is 2. The number of amides is 1. The van der Waals surface area contributed by atoms with E-state index in [0.717, 1.165) is 32.0 Å². The topological polar surface area (TPSA) is 71.0 Å². The van der Waals surface area contributed by atoms with Gasteiger partial charge < -0.3 is 10.2 Å². The summed E-state index contributed by atoms with van der Waals surface area (Å²) in [6.07, 6.45) is 6.29. The van der Waals surface area contributed by atoms with E-state index in [1.807, 2.05) is 67.5 Å². The fraction of sp³-hybridized carbons (Fsp3) is 0.200. The van der Waals surface area contributed by atoms with Crippen molar-refractivity contribution >= 4 is 40.0 Å². The average Bonchev–Trinajstić information content (AvgIpc) is 3.52. The Labute approximate surface area is 201 Å². The molecule has 4 aromatic rings. The van der Waals surface area contributed by atoms with Crippen molar-refractivity contribution in [2.45, 2.75) is 34.4 Å². The van der Waals surface area contributed by atoms with Crippen LogP contribution in [0.1, 0.15) is 34.0 Å².